The van der Waals surface area contributed by atoms with Crippen LogP contribution in [-0.2, 0) is 16.0 Å². The van der Waals surface area contributed by atoms with Gasteiger partial charge in [0.2, 0.25) is 0 Å². The van der Waals surface area contributed by atoms with Gasteiger partial charge in [0.25, 0.3) is 0 Å². The van der Waals surface area contributed by atoms with Crippen LogP contribution in [0.1, 0.15) is 25.0 Å². The topological polar surface area (TPSA) is 39.4 Å². The number of unbranched alkanes of at least 4 members (excludes halogenated alkanes) is 1. The van der Waals surface area contributed by atoms with Gasteiger partial charge in [-0.1, -0.05) is 0 Å². The fourth-order valence-electron chi connectivity index (χ4n) is 1.13. The average Bonchev–Trinajstić information content (AvgIpc) is 2.64. The predicted octanol–water partition coefficient (Wildman–Crippen LogP) is 2.17. The number of hydrogen-bond acceptors (Lipinski definition) is 3. The van der Waals surface area contributed by atoms with Crippen molar-refractivity contribution < 1.29 is 13.9 Å². The molecule has 1 heterocycles. The van der Waals surface area contributed by atoms with E-state index >= 15 is 0 Å². The first kappa shape index (κ1) is 9.84. The van der Waals surface area contributed by atoms with E-state index in [9.17, 15) is 4.79 Å². The summed E-state index contributed by atoms with van der Waals surface area (Å²) in [6, 6.07) is 3.81. The van der Waals surface area contributed by atoms with Gasteiger partial charge in [-0.05, 0) is 25.0 Å². The zero-order valence-electron chi connectivity index (χ0n) is 7.79. The predicted molar refractivity (Wildman–Crippen MR) is 48.3 cm³/mol. The van der Waals surface area contributed by atoms with E-state index in [1.165, 1.54) is 7.11 Å². The van der Waals surface area contributed by atoms with E-state index < -0.39 is 0 Å². The normalized spacial score (nSPS) is 9.92. The highest BCUT2D eigenvalue weighted by Gasteiger charge is 2.00. The van der Waals surface area contributed by atoms with Gasteiger partial charge in [0.05, 0.1) is 13.4 Å². The quantitative estimate of drug-likeness (QED) is 0.517. The van der Waals surface area contributed by atoms with Crippen molar-refractivity contribution in [1.29, 1.82) is 0 Å². The standard InChI is InChI=1S/C10H14O3/c1-12-10(11)7-3-2-5-9-6-4-8-13-9/h4,6,8H,2-3,5,7H2,1H3. The minimum atomic E-state index is -0.139. The van der Waals surface area contributed by atoms with Crippen molar-refractivity contribution in [2.75, 3.05) is 7.11 Å². The second-order valence-corrected chi connectivity index (χ2v) is 2.86. The molecule has 0 amide bonds. The second-order valence-electron chi connectivity index (χ2n) is 2.86. The molecule has 3 nitrogen and oxygen atoms in total. The summed E-state index contributed by atoms with van der Waals surface area (Å²) in [4.78, 5) is 10.7. The Morgan fingerprint density at radius 1 is 1.54 bits per heavy atom. The number of esters is 1. The fraction of sp³-hybridized carbons (Fsp3) is 0.500. The van der Waals surface area contributed by atoms with Crippen molar-refractivity contribution in [1.82, 2.24) is 0 Å². The lowest BCUT2D eigenvalue weighted by molar-refractivity contribution is -0.140. The Bertz CT molecular complexity index is 239. The van der Waals surface area contributed by atoms with E-state index in [1.54, 1.807) is 6.26 Å². The zero-order valence-corrected chi connectivity index (χ0v) is 7.79. The van der Waals surface area contributed by atoms with Crippen molar-refractivity contribution >= 4 is 5.97 Å². The van der Waals surface area contributed by atoms with Gasteiger partial charge in [0.1, 0.15) is 5.76 Å². The fourth-order valence-corrected chi connectivity index (χ4v) is 1.13. The van der Waals surface area contributed by atoms with E-state index in [0.717, 1.165) is 25.0 Å². The Kier molecular flexibility index (Phi) is 4.09. The number of rotatable bonds is 5. The van der Waals surface area contributed by atoms with E-state index in [-0.39, 0.29) is 5.97 Å². The first-order valence-electron chi connectivity index (χ1n) is 4.42. The summed E-state index contributed by atoms with van der Waals surface area (Å²) in [5.74, 6) is 0.837. The molecule has 0 unspecified atom stereocenters. The molecule has 1 aromatic rings. The van der Waals surface area contributed by atoms with Crippen LogP contribution in [0.3, 0.4) is 0 Å². The lowest BCUT2D eigenvalue weighted by Gasteiger charge is -1.97. The lowest BCUT2D eigenvalue weighted by atomic mass is 10.1. The van der Waals surface area contributed by atoms with Crippen LogP contribution in [0.4, 0.5) is 0 Å². The molecule has 0 bridgehead atoms. The summed E-state index contributed by atoms with van der Waals surface area (Å²) >= 11 is 0. The molecule has 0 atom stereocenters. The van der Waals surface area contributed by atoms with Gasteiger partial charge < -0.3 is 9.15 Å². The molecule has 0 saturated heterocycles. The summed E-state index contributed by atoms with van der Waals surface area (Å²) in [7, 11) is 1.41. The Labute approximate surface area is 77.7 Å². The van der Waals surface area contributed by atoms with Crippen LogP contribution in [0.15, 0.2) is 22.8 Å². The monoisotopic (exact) mass is 182 g/mol. The smallest absolute Gasteiger partial charge is 0.305 e. The number of methoxy groups -OCH3 is 1. The number of carbonyl (C=O) groups excluding carboxylic acids is 1. The summed E-state index contributed by atoms with van der Waals surface area (Å²) < 4.78 is 9.68. The van der Waals surface area contributed by atoms with E-state index in [0.29, 0.717) is 6.42 Å². The largest absolute Gasteiger partial charge is 0.469 e. The molecule has 0 spiro atoms. The molecule has 0 fully saturated rings. The number of ether oxygens (including phenoxy) is 1. The van der Waals surface area contributed by atoms with Crippen molar-refractivity contribution in [3.8, 4) is 0 Å². The van der Waals surface area contributed by atoms with Crippen LogP contribution in [0.5, 0.6) is 0 Å². The van der Waals surface area contributed by atoms with Crippen molar-refractivity contribution in [3.63, 3.8) is 0 Å². The maximum atomic E-state index is 10.7. The highest BCUT2D eigenvalue weighted by Crippen LogP contribution is 2.07. The van der Waals surface area contributed by atoms with Crippen molar-refractivity contribution in [3.05, 3.63) is 24.2 Å². The van der Waals surface area contributed by atoms with Crippen LogP contribution in [-0.4, -0.2) is 13.1 Å². The number of aryl methyl sites for hydroxylation is 1. The summed E-state index contributed by atoms with van der Waals surface area (Å²) in [6.45, 7) is 0. The third kappa shape index (κ3) is 3.78. The van der Waals surface area contributed by atoms with E-state index in [4.69, 9.17) is 4.42 Å². The molecular weight excluding hydrogens is 168 g/mol. The van der Waals surface area contributed by atoms with Crippen molar-refractivity contribution in [2.24, 2.45) is 0 Å². The van der Waals surface area contributed by atoms with Crippen LogP contribution >= 0.6 is 0 Å². The maximum absolute atomic E-state index is 10.7. The molecule has 0 N–H and O–H groups in total. The molecule has 13 heavy (non-hydrogen) atoms. The van der Waals surface area contributed by atoms with Gasteiger partial charge in [-0.25, -0.2) is 0 Å². The third-order valence-corrected chi connectivity index (χ3v) is 1.86. The first-order chi connectivity index (χ1) is 6.33. The number of carbonyl (C=O) groups is 1. The van der Waals surface area contributed by atoms with Crippen LogP contribution in [0.2, 0.25) is 0 Å². The summed E-state index contributed by atoms with van der Waals surface area (Å²) in [5, 5.41) is 0. The molecule has 0 saturated carbocycles. The SMILES string of the molecule is COC(=O)CCCCc1ccco1. The average molecular weight is 182 g/mol. The molecular formula is C10H14O3. The Balaban J connectivity index is 2.05. The summed E-state index contributed by atoms with van der Waals surface area (Å²) in [5.41, 5.74) is 0. The third-order valence-electron chi connectivity index (χ3n) is 1.86. The van der Waals surface area contributed by atoms with Crippen LogP contribution < -0.4 is 0 Å². The molecule has 1 aromatic heterocycles. The maximum Gasteiger partial charge on any atom is 0.305 e. The van der Waals surface area contributed by atoms with Gasteiger partial charge in [-0.15, -0.1) is 0 Å². The van der Waals surface area contributed by atoms with Gasteiger partial charge in [-0.3, -0.25) is 4.79 Å². The minimum absolute atomic E-state index is 0.139. The zero-order chi connectivity index (χ0) is 9.52. The second kappa shape index (κ2) is 5.41. The molecule has 0 aromatic carbocycles. The molecule has 0 aliphatic carbocycles. The van der Waals surface area contributed by atoms with E-state index in [1.807, 2.05) is 12.1 Å². The van der Waals surface area contributed by atoms with Crippen LogP contribution in [0, 0.1) is 0 Å². The molecule has 3 heteroatoms. The minimum Gasteiger partial charge on any atom is -0.469 e. The van der Waals surface area contributed by atoms with Crippen LogP contribution in [0.25, 0.3) is 0 Å². The highest BCUT2D eigenvalue weighted by atomic mass is 16.5. The number of furan rings is 1. The Morgan fingerprint density at radius 2 is 2.38 bits per heavy atom. The molecule has 1 rings (SSSR count). The lowest BCUT2D eigenvalue weighted by Crippen LogP contribution is -1.99. The Hall–Kier alpha value is -1.25. The highest BCUT2D eigenvalue weighted by molar-refractivity contribution is 5.68. The molecule has 0 radical (unpaired) electrons. The van der Waals surface area contributed by atoms with Gasteiger partial charge in [0.15, 0.2) is 0 Å². The molecule has 0 aliphatic heterocycles. The summed E-state index contributed by atoms with van der Waals surface area (Å²) in [6.07, 6.45) is 4.87. The van der Waals surface area contributed by atoms with Crippen molar-refractivity contribution in [2.45, 2.75) is 25.7 Å². The van der Waals surface area contributed by atoms with Gasteiger partial charge in [0, 0.05) is 12.8 Å². The number of hydrogen-bond donors (Lipinski definition) is 0. The molecule has 0 aliphatic rings. The molecule has 72 valence electrons. The van der Waals surface area contributed by atoms with Gasteiger partial charge >= 0.3 is 5.97 Å². The Morgan fingerprint density at radius 3 is 3.00 bits per heavy atom. The van der Waals surface area contributed by atoms with Gasteiger partial charge in [-0.2, -0.15) is 0 Å². The van der Waals surface area contributed by atoms with E-state index in [2.05, 4.69) is 4.74 Å². The first-order valence-corrected chi connectivity index (χ1v) is 4.42.